The van der Waals surface area contributed by atoms with Gasteiger partial charge in [-0.2, -0.15) is 13.2 Å². The summed E-state index contributed by atoms with van der Waals surface area (Å²) >= 11 is 0. The van der Waals surface area contributed by atoms with Crippen molar-refractivity contribution in [1.82, 2.24) is 25.6 Å². The average Bonchev–Trinajstić information content (AvgIpc) is 3.28. The van der Waals surface area contributed by atoms with E-state index in [1.807, 2.05) is 0 Å². The number of hydrazine groups is 1. The van der Waals surface area contributed by atoms with Crippen LogP contribution in [0.15, 0.2) is 54.9 Å². The van der Waals surface area contributed by atoms with Crippen LogP contribution < -0.4 is 10.9 Å². The van der Waals surface area contributed by atoms with Gasteiger partial charge in [-0.3, -0.25) is 4.57 Å². The highest BCUT2D eigenvalue weighted by molar-refractivity contribution is 5.43. The van der Waals surface area contributed by atoms with E-state index in [0.717, 1.165) is 6.07 Å². The van der Waals surface area contributed by atoms with Crippen molar-refractivity contribution in [2.24, 2.45) is 0 Å². The highest BCUT2D eigenvalue weighted by atomic mass is 19.4. The average molecular weight is 391 g/mol. The van der Waals surface area contributed by atoms with Crippen LogP contribution >= 0.6 is 0 Å². The molecular weight excluding hydrogens is 375 g/mol. The number of alkyl halides is 3. The molecule has 1 saturated heterocycles. The molecule has 28 heavy (non-hydrogen) atoms. The minimum absolute atomic E-state index is 0.0866. The van der Waals surface area contributed by atoms with Gasteiger partial charge in [-0.15, -0.1) is 10.2 Å². The molecule has 3 aromatic rings. The van der Waals surface area contributed by atoms with E-state index < -0.39 is 24.2 Å². The van der Waals surface area contributed by atoms with Gasteiger partial charge < -0.3 is 10.2 Å². The van der Waals surface area contributed by atoms with Crippen LogP contribution in [0, 0.1) is 0 Å². The lowest BCUT2D eigenvalue weighted by atomic mass is 9.87. The number of halogens is 3. The third kappa shape index (κ3) is 3.16. The zero-order valence-electron chi connectivity index (χ0n) is 14.3. The molecule has 10 heteroatoms. The topological polar surface area (TPSA) is 95.2 Å². The molecule has 1 aliphatic rings. The summed E-state index contributed by atoms with van der Waals surface area (Å²) in [5.41, 5.74) is 5.70. The van der Waals surface area contributed by atoms with E-state index in [0.29, 0.717) is 5.69 Å². The predicted molar refractivity (Wildman–Crippen MR) is 92.7 cm³/mol. The van der Waals surface area contributed by atoms with E-state index in [4.69, 9.17) is 0 Å². The zero-order valence-corrected chi connectivity index (χ0v) is 14.3. The summed E-state index contributed by atoms with van der Waals surface area (Å²) in [5.74, 6) is -1.65. The van der Waals surface area contributed by atoms with Crippen LogP contribution in [-0.2, 0) is 0 Å². The number of nitrogens with zero attached hydrogens (tertiary/aromatic N) is 3. The molecule has 0 spiro atoms. The Kier molecular flexibility index (Phi) is 4.44. The molecule has 0 bridgehead atoms. The van der Waals surface area contributed by atoms with Gasteiger partial charge in [0, 0.05) is 17.3 Å². The molecule has 1 aliphatic heterocycles. The quantitative estimate of drug-likeness (QED) is 0.548. The van der Waals surface area contributed by atoms with E-state index in [2.05, 4.69) is 21.0 Å². The highest BCUT2D eigenvalue weighted by Gasteiger charge is 2.54. The Morgan fingerprint density at radius 1 is 1.00 bits per heavy atom. The highest BCUT2D eigenvalue weighted by Crippen LogP contribution is 2.45. The minimum Gasteiger partial charge on any atom is -0.508 e. The Balaban J connectivity index is 1.83. The molecular formula is C18H16F3N5O2. The lowest BCUT2D eigenvalue weighted by Gasteiger charge is -2.25. The van der Waals surface area contributed by atoms with Gasteiger partial charge in [-0.05, 0) is 18.2 Å². The van der Waals surface area contributed by atoms with Crippen molar-refractivity contribution in [3.8, 4) is 17.2 Å². The zero-order chi connectivity index (χ0) is 19.9. The lowest BCUT2D eigenvalue weighted by Crippen LogP contribution is -2.43. The number of aromatic nitrogens is 3. The van der Waals surface area contributed by atoms with Gasteiger partial charge in [-0.1, -0.05) is 24.3 Å². The Bertz CT molecular complexity index is 977. The maximum absolute atomic E-state index is 13.7. The maximum atomic E-state index is 13.7. The number of benzene rings is 2. The Labute approximate surface area is 157 Å². The summed E-state index contributed by atoms with van der Waals surface area (Å²) in [6, 6.07) is 9.62. The van der Waals surface area contributed by atoms with Crippen LogP contribution in [0.25, 0.3) is 5.69 Å². The molecule has 0 amide bonds. The Morgan fingerprint density at radius 3 is 2.43 bits per heavy atom. The number of rotatable bonds is 3. The first kappa shape index (κ1) is 18.3. The van der Waals surface area contributed by atoms with Crippen LogP contribution in [0.1, 0.15) is 23.3 Å². The number of nitrogens with one attached hydrogen (secondary N) is 2. The van der Waals surface area contributed by atoms with Crippen LogP contribution in [-0.4, -0.2) is 37.2 Å². The summed E-state index contributed by atoms with van der Waals surface area (Å²) in [6.45, 7) is 0. The van der Waals surface area contributed by atoms with Crippen LogP contribution in [0.3, 0.4) is 0 Å². The number of phenols is 2. The molecule has 2 heterocycles. The van der Waals surface area contributed by atoms with Gasteiger partial charge in [0.15, 0.2) is 0 Å². The van der Waals surface area contributed by atoms with Crippen molar-refractivity contribution < 1.29 is 23.4 Å². The van der Waals surface area contributed by atoms with Crippen molar-refractivity contribution in [1.29, 1.82) is 0 Å². The fraction of sp³-hybridized carbons (Fsp3) is 0.222. The first-order chi connectivity index (χ1) is 13.4. The molecule has 4 N–H and O–H groups in total. The molecule has 1 aromatic heterocycles. The second-order valence-electron chi connectivity index (χ2n) is 6.45. The van der Waals surface area contributed by atoms with E-state index in [-0.39, 0.29) is 22.9 Å². The summed E-state index contributed by atoms with van der Waals surface area (Å²) < 4.78 is 42.7. The van der Waals surface area contributed by atoms with Crippen molar-refractivity contribution in [3.63, 3.8) is 0 Å². The second kappa shape index (κ2) is 6.80. The molecule has 0 aliphatic carbocycles. The fourth-order valence-electron chi connectivity index (χ4n) is 3.46. The second-order valence-corrected chi connectivity index (χ2v) is 6.45. The number of hydrogen-bond donors (Lipinski definition) is 4. The van der Waals surface area contributed by atoms with E-state index in [9.17, 15) is 23.4 Å². The third-order valence-electron chi connectivity index (χ3n) is 4.72. The molecule has 1 fully saturated rings. The summed E-state index contributed by atoms with van der Waals surface area (Å²) in [4.78, 5) is 0. The number of hydrogen-bond acceptors (Lipinski definition) is 6. The van der Waals surface area contributed by atoms with Gasteiger partial charge in [0.1, 0.15) is 29.7 Å². The van der Waals surface area contributed by atoms with Crippen molar-refractivity contribution in [2.75, 3.05) is 0 Å². The molecule has 7 nitrogen and oxygen atoms in total. The van der Waals surface area contributed by atoms with Crippen LogP contribution in [0.5, 0.6) is 11.5 Å². The summed E-state index contributed by atoms with van der Waals surface area (Å²) in [6.07, 6.45) is -3.23. The monoisotopic (exact) mass is 391 g/mol. The van der Waals surface area contributed by atoms with Crippen molar-refractivity contribution >= 4 is 0 Å². The number of para-hydroxylation sites is 1. The lowest BCUT2D eigenvalue weighted by molar-refractivity contribution is -0.156. The molecule has 0 radical (unpaired) electrons. The van der Waals surface area contributed by atoms with Gasteiger partial charge in [0.05, 0.1) is 12.0 Å². The maximum Gasteiger partial charge on any atom is 0.405 e. The standard InChI is InChI=1S/C18H16F3N5O2/c19-18(20,21)16-14(15(23-24-16)12-7-6-11(27)8-13(12)28)17-25-22-9-26(17)10-4-2-1-3-5-10/h1-9,14-16,23-24,27-28H. The first-order valence-electron chi connectivity index (χ1n) is 8.41. The Hall–Kier alpha value is -3.11. The molecule has 0 saturated carbocycles. The smallest absolute Gasteiger partial charge is 0.405 e. The van der Waals surface area contributed by atoms with Crippen molar-refractivity contribution in [2.45, 2.75) is 24.2 Å². The van der Waals surface area contributed by atoms with E-state index >= 15 is 0 Å². The molecule has 3 unspecified atom stereocenters. The van der Waals surface area contributed by atoms with E-state index in [1.165, 1.54) is 23.0 Å². The predicted octanol–water partition coefficient (Wildman–Crippen LogP) is 2.54. The van der Waals surface area contributed by atoms with Crippen LogP contribution in [0.2, 0.25) is 0 Å². The van der Waals surface area contributed by atoms with Gasteiger partial charge >= 0.3 is 6.18 Å². The summed E-state index contributed by atoms with van der Waals surface area (Å²) in [7, 11) is 0. The fourth-order valence-corrected chi connectivity index (χ4v) is 3.46. The van der Waals surface area contributed by atoms with E-state index in [1.54, 1.807) is 30.3 Å². The van der Waals surface area contributed by atoms with Gasteiger partial charge in [-0.25, -0.2) is 10.9 Å². The number of aromatic hydroxyl groups is 2. The third-order valence-corrected chi connectivity index (χ3v) is 4.72. The SMILES string of the molecule is Oc1ccc(C2NNC(C(F)(F)F)C2c2nncn2-c2ccccc2)c(O)c1. The molecule has 3 atom stereocenters. The first-order valence-corrected chi connectivity index (χ1v) is 8.41. The number of phenolic OH excluding ortho intramolecular Hbond substituents is 2. The summed E-state index contributed by atoms with van der Waals surface area (Å²) in [5, 5.41) is 27.5. The minimum atomic E-state index is -4.58. The normalized spacial score (nSPS) is 22.5. The largest absolute Gasteiger partial charge is 0.508 e. The molecule has 4 rings (SSSR count). The van der Waals surface area contributed by atoms with Crippen LogP contribution in [0.4, 0.5) is 13.2 Å². The van der Waals surface area contributed by atoms with Gasteiger partial charge in [0.2, 0.25) is 0 Å². The van der Waals surface area contributed by atoms with Crippen molar-refractivity contribution in [3.05, 3.63) is 66.2 Å². The molecule has 146 valence electrons. The Morgan fingerprint density at radius 2 is 1.75 bits per heavy atom. The van der Waals surface area contributed by atoms with Gasteiger partial charge in [0.25, 0.3) is 0 Å². The molecule has 2 aromatic carbocycles.